The lowest BCUT2D eigenvalue weighted by Crippen LogP contribution is -2.63. The highest BCUT2D eigenvalue weighted by Crippen LogP contribution is 2.41. The van der Waals surface area contributed by atoms with Crippen LogP contribution in [0.3, 0.4) is 0 Å². The topological polar surface area (TPSA) is 124 Å². The van der Waals surface area contributed by atoms with E-state index in [9.17, 15) is 9.59 Å². The molecule has 3 aromatic heterocycles. The molecular weight excluding hydrogens is 422 g/mol. The first-order valence-electron chi connectivity index (χ1n) is 11.4. The summed E-state index contributed by atoms with van der Waals surface area (Å²) in [6, 6.07) is 2.05. The van der Waals surface area contributed by atoms with Gasteiger partial charge in [-0.15, -0.1) is 0 Å². The highest BCUT2D eigenvalue weighted by atomic mass is 16.5. The Bertz CT molecular complexity index is 1290. The Morgan fingerprint density at radius 2 is 2.00 bits per heavy atom. The number of fused-ring (bicyclic) bond motifs is 1. The van der Waals surface area contributed by atoms with Crippen LogP contribution in [0.4, 0.5) is 5.82 Å². The van der Waals surface area contributed by atoms with E-state index in [0.717, 1.165) is 24.1 Å². The van der Waals surface area contributed by atoms with Gasteiger partial charge in [0.2, 0.25) is 5.91 Å². The summed E-state index contributed by atoms with van der Waals surface area (Å²) in [5, 5.41) is 12.2. The molecule has 3 aromatic rings. The maximum absolute atomic E-state index is 13.2. The number of nitrogens with one attached hydrogen (secondary N) is 1. The van der Waals surface area contributed by atoms with Crippen LogP contribution in [-0.4, -0.2) is 55.6 Å². The molecule has 2 fully saturated rings. The molecule has 3 N–H and O–H groups in total. The summed E-state index contributed by atoms with van der Waals surface area (Å²) in [5.41, 5.74) is 8.24. The molecule has 1 saturated carbocycles. The number of nitrogen functional groups attached to an aromatic ring is 1. The number of rotatable bonds is 6. The van der Waals surface area contributed by atoms with Crippen molar-refractivity contribution in [1.82, 2.24) is 29.4 Å². The van der Waals surface area contributed by atoms with Gasteiger partial charge in [0.05, 0.1) is 30.0 Å². The van der Waals surface area contributed by atoms with Crippen molar-refractivity contribution in [3.05, 3.63) is 28.3 Å². The standard InChI is InChI=1S/C23H31N7O3/c1-12(2)21(31)29-10-23(11-29,33-5)17-8-16(27-28(17)4)15-9-30(13(3)14-6-7-14)22(32)18-19(15)25-26-20(18)24/h8-9,12-14H,6-7,10-11H2,1-5H3,(H3,24,25,26). The van der Waals surface area contributed by atoms with Crippen molar-refractivity contribution in [1.29, 1.82) is 0 Å². The first-order valence-corrected chi connectivity index (χ1v) is 11.4. The minimum absolute atomic E-state index is 0.0596. The largest absolute Gasteiger partial charge is 0.382 e. The fraction of sp³-hybridized carbons (Fsp3) is 0.565. The van der Waals surface area contributed by atoms with Gasteiger partial charge in [-0.2, -0.15) is 10.2 Å². The van der Waals surface area contributed by atoms with E-state index >= 15 is 0 Å². The molecule has 1 atom stereocenters. The number of anilines is 1. The number of amides is 1. The second-order valence-corrected chi connectivity index (χ2v) is 9.78. The maximum Gasteiger partial charge on any atom is 0.264 e. The van der Waals surface area contributed by atoms with Gasteiger partial charge < -0.3 is 19.9 Å². The predicted molar refractivity (Wildman–Crippen MR) is 125 cm³/mol. The van der Waals surface area contributed by atoms with E-state index in [0.29, 0.717) is 35.6 Å². The number of carbonyl (C=O) groups is 1. The number of H-pyrrole nitrogens is 1. The van der Waals surface area contributed by atoms with Crippen molar-refractivity contribution in [3.63, 3.8) is 0 Å². The number of ether oxygens (including phenoxy) is 1. The zero-order valence-electron chi connectivity index (χ0n) is 19.8. The van der Waals surface area contributed by atoms with Crippen LogP contribution in [0.2, 0.25) is 0 Å². The van der Waals surface area contributed by atoms with Crippen molar-refractivity contribution in [2.24, 2.45) is 18.9 Å². The van der Waals surface area contributed by atoms with Crippen LogP contribution in [0.1, 0.15) is 45.3 Å². The molecule has 10 heteroatoms. The van der Waals surface area contributed by atoms with Gasteiger partial charge in [0, 0.05) is 37.9 Å². The van der Waals surface area contributed by atoms with E-state index in [4.69, 9.17) is 15.6 Å². The van der Waals surface area contributed by atoms with E-state index in [1.165, 1.54) is 0 Å². The van der Waals surface area contributed by atoms with Crippen molar-refractivity contribution in [2.75, 3.05) is 25.9 Å². The van der Waals surface area contributed by atoms with Gasteiger partial charge in [0.25, 0.3) is 5.56 Å². The predicted octanol–water partition coefficient (Wildman–Crippen LogP) is 2.02. The molecule has 0 bridgehead atoms. The lowest BCUT2D eigenvalue weighted by atomic mass is 9.88. The van der Waals surface area contributed by atoms with Crippen LogP contribution in [0.25, 0.3) is 22.2 Å². The number of nitrogens with zero attached hydrogens (tertiary/aromatic N) is 5. The van der Waals surface area contributed by atoms with Gasteiger partial charge in [-0.3, -0.25) is 19.4 Å². The third-order valence-corrected chi connectivity index (χ3v) is 7.23. The van der Waals surface area contributed by atoms with Gasteiger partial charge in [0.15, 0.2) is 5.82 Å². The molecule has 5 rings (SSSR count). The molecule has 1 aliphatic heterocycles. The molecule has 176 valence electrons. The number of aromatic nitrogens is 5. The van der Waals surface area contributed by atoms with Gasteiger partial charge in [-0.25, -0.2) is 0 Å². The van der Waals surface area contributed by atoms with Crippen LogP contribution in [0, 0.1) is 11.8 Å². The summed E-state index contributed by atoms with van der Waals surface area (Å²) >= 11 is 0. The summed E-state index contributed by atoms with van der Waals surface area (Å²) in [6.45, 7) is 6.82. The Labute approximate surface area is 191 Å². The molecule has 1 aliphatic carbocycles. The van der Waals surface area contributed by atoms with Crippen LogP contribution in [0.15, 0.2) is 17.1 Å². The number of pyridine rings is 1. The summed E-state index contributed by atoms with van der Waals surface area (Å²) in [6.07, 6.45) is 4.11. The fourth-order valence-electron chi connectivity index (χ4n) is 4.97. The van der Waals surface area contributed by atoms with Crippen molar-refractivity contribution < 1.29 is 9.53 Å². The number of methoxy groups -OCH3 is 1. The Hall–Kier alpha value is -3.14. The van der Waals surface area contributed by atoms with E-state index in [1.807, 2.05) is 38.1 Å². The van der Waals surface area contributed by atoms with Crippen LogP contribution in [0.5, 0.6) is 0 Å². The lowest BCUT2D eigenvalue weighted by Gasteiger charge is -2.49. The number of hydrogen-bond donors (Lipinski definition) is 2. The van der Waals surface area contributed by atoms with Crippen LogP contribution >= 0.6 is 0 Å². The third-order valence-electron chi connectivity index (χ3n) is 7.23. The number of aromatic amines is 1. The summed E-state index contributed by atoms with van der Waals surface area (Å²) in [7, 11) is 3.53. The quantitative estimate of drug-likeness (QED) is 0.588. The SMILES string of the molecule is COC1(c2cc(-c3cn(C(C)C4CC4)c(=O)c4c(N)n[nH]c34)nn2C)CN(C(=O)C(C)C)C1. The van der Waals surface area contributed by atoms with E-state index in [1.54, 1.807) is 16.4 Å². The Morgan fingerprint density at radius 1 is 1.30 bits per heavy atom. The normalized spacial score (nSPS) is 18.7. The Kier molecular flexibility index (Phi) is 4.89. The molecule has 1 saturated heterocycles. The van der Waals surface area contributed by atoms with E-state index in [-0.39, 0.29) is 29.2 Å². The number of carbonyl (C=O) groups excluding carboxylic acids is 1. The Balaban J connectivity index is 1.58. The average molecular weight is 454 g/mol. The van der Waals surface area contributed by atoms with Crippen molar-refractivity contribution in [2.45, 2.75) is 45.3 Å². The monoisotopic (exact) mass is 453 g/mol. The maximum atomic E-state index is 13.2. The van der Waals surface area contributed by atoms with Crippen LogP contribution in [-0.2, 0) is 22.2 Å². The molecule has 1 unspecified atom stereocenters. The average Bonchev–Trinajstić information content (AvgIpc) is 3.43. The number of nitrogens with two attached hydrogens (primary N) is 1. The van der Waals surface area contributed by atoms with Gasteiger partial charge in [-0.1, -0.05) is 13.8 Å². The van der Waals surface area contributed by atoms with Gasteiger partial charge in [0.1, 0.15) is 11.0 Å². The fourth-order valence-corrected chi connectivity index (χ4v) is 4.97. The molecule has 0 aromatic carbocycles. The summed E-state index contributed by atoms with van der Waals surface area (Å²) in [4.78, 5) is 27.4. The van der Waals surface area contributed by atoms with Crippen molar-refractivity contribution in [3.8, 4) is 11.3 Å². The third kappa shape index (κ3) is 3.26. The van der Waals surface area contributed by atoms with E-state index < -0.39 is 5.60 Å². The molecule has 0 spiro atoms. The molecule has 33 heavy (non-hydrogen) atoms. The highest BCUT2D eigenvalue weighted by molar-refractivity contribution is 5.97. The van der Waals surface area contributed by atoms with Crippen molar-refractivity contribution >= 4 is 22.6 Å². The van der Waals surface area contributed by atoms with Crippen LogP contribution < -0.4 is 11.3 Å². The second-order valence-electron chi connectivity index (χ2n) is 9.78. The molecule has 10 nitrogen and oxygen atoms in total. The van der Waals surface area contributed by atoms with Gasteiger partial charge >= 0.3 is 0 Å². The molecular formula is C23H31N7O3. The smallest absolute Gasteiger partial charge is 0.264 e. The zero-order valence-corrected chi connectivity index (χ0v) is 19.8. The van der Waals surface area contributed by atoms with E-state index in [2.05, 4.69) is 17.1 Å². The molecule has 0 radical (unpaired) electrons. The Morgan fingerprint density at radius 3 is 2.61 bits per heavy atom. The summed E-state index contributed by atoms with van der Waals surface area (Å²) in [5.74, 6) is 0.744. The first-order chi connectivity index (χ1) is 15.7. The van der Waals surface area contributed by atoms with Gasteiger partial charge in [-0.05, 0) is 31.7 Å². The first kappa shape index (κ1) is 21.7. The molecule has 1 amide bonds. The minimum Gasteiger partial charge on any atom is -0.382 e. The number of aryl methyl sites for hydroxylation is 1. The zero-order chi connectivity index (χ0) is 23.7. The number of hydrogen-bond acceptors (Lipinski definition) is 6. The second kappa shape index (κ2) is 7.44. The lowest BCUT2D eigenvalue weighted by molar-refractivity contribution is -0.169. The highest BCUT2D eigenvalue weighted by Gasteiger charge is 2.49. The summed E-state index contributed by atoms with van der Waals surface area (Å²) < 4.78 is 9.48. The molecule has 4 heterocycles. The molecule has 2 aliphatic rings. The number of likely N-dealkylation sites (tertiary alicyclic amines) is 1. The minimum atomic E-state index is -0.619.